The van der Waals surface area contributed by atoms with Gasteiger partial charge in [-0.2, -0.15) is 13.2 Å². The molecule has 1 aromatic heterocycles. The molecule has 1 atom stereocenters. The highest BCUT2D eigenvalue weighted by Gasteiger charge is 2.32. The second kappa shape index (κ2) is 10.2. The zero-order valence-corrected chi connectivity index (χ0v) is 19.0. The van der Waals surface area contributed by atoms with Crippen LogP contribution < -0.4 is 4.90 Å². The predicted molar refractivity (Wildman–Crippen MR) is 118 cm³/mol. The van der Waals surface area contributed by atoms with Crippen LogP contribution in [-0.2, 0) is 22.1 Å². The smallest absolute Gasteiger partial charge is 0.377 e. The number of rotatable bonds is 5. The first-order chi connectivity index (χ1) is 16.2. The molecule has 2 aromatic rings. The number of amides is 1. The zero-order chi connectivity index (χ0) is 24.3. The number of halogens is 4. The molecule has 2 fully saturated rings. The number of piperidine rings is 1. The normalized spacial score (nSPS) is 20.0. The Kier molecular flexibility index (Phi) is 7.35. The van der Waals surface area contributed by atoms with E-state index in [4.69, 9.17) is 4.74 Å². The van der Waals surface area contributed by atoms with E-state index in [9.17, 15) is 18.0 Å². The van der Waals surface area contributed by atoms with E-state index >= 15 is 4.39 Å². The Balaban J connectivity index is 1.47. The molecule has 0 aliphatic carbocycles. The molecular weight excluding hydrogens is 452 g/mol. The number of hydrogen-bond acceptors (Lipinski definition) is 5. The van der Waals surface area contributed by atoms with Gasteiger partial charge in [0.2, 0.25) is 5.91 Å². The number of hydrogen-bond donors (Lipinski definition) is 0. The van der Waals surface area contributed by atoms with Gasteiger partial charge >= 0.3 is 6.18 Å². The van der Waals surface area contributed by atoms with Crippen molar-refractivity contribution in [2.75, 3.05) is 37.7 Å². The molecule has 1 amide bonds. The van der Waals surface area contributed by atoms with Gasteiger partial charge in [0, 0.05) is 26.6 Å². The van der Waals surface area contributed by atoms with Crippen LogP contribution >= 0.6 is 0 Å². The molecule has 10 heteroatoms. The van der Waals surface area contributed by atoms with Gasteiger partial charge in [-0.05, 0) is 49.3 Å². The highest BCUT2D eigenvalue weighted by molar-refractivity contribution is 5.73. The predicted octanol–water partition coefficient (Wildman–Crippen LogP) is 4.40. The summed E-state index contributed by atoms with van der Waals surface area (Å²) in [7, 11) is 0. The number of carbonyl (C=O) groups is 1. The molecule has 2 aliphatic rings. The zero-order valence-electron chi connectivity index (χ0n) is 19.0. The molecule has 184 valence electrons. The number of ether oxygens (including phenoxy) is 1. The highest BCUT2D eigenvalue weighted by Crippen LogP contribution is 2.34. The van der Waals surface area contributed by atoms with Crippen molar-refractivity contribution in [3.63, 3.8) is 0 Å². The van der Waals surface area contributed by atoms with Crippen LogP contribution in [0.15, 0.2) is 30.6 Å². The lowest BCUT2D eigenvalue weighted by Crippen LogP contribution is -2.40. The maximum atomic E-state index is 15.5. The molecule has 0 spiro atoms. The van der Waals surface area contributed by atoms with Gasteiger partial charge in [-0.3, -0.25) is 4.79 Å². The maximum absolute atomic E-state index is 15.5. The molecule has 6 nitrogen and oxygen atoms in total. The van der Waals surface area contributed by atoms with E-state index in [1.54, 1.807) is 11.8 Å². The quantitative estimate of drug-likeness (QED) is 0.594. The van der Waals surface area contributed by atoms with Crippen molar-refractivity contribution in [3.05, 3.63) is 53.2 Å². The second-order valence-corrected chi connectivity index (χ2v) is 8.85. The molecule has 1 aromatic carbocycles. The first-order valence-electron chi connectivity index (χ1n) is 11.5. The SMILES string of the molecule is CC(=O)N1CCC(CCc2ncnc(N3CCOC[C@@H]3c3ccc(C(F)(F)F)cc3)c2F)CC1. The van der Waals surface area contributed by atoms with Gasteiger partial charge in [0.1, 0.15) is 6.33 Å². The first-order valence-corrected chi connectivity index (χ1v) is 11.5. The average Bonchev–Trinajstić information content (AvgIpc) is 2.83. The van der Waals surface area contributed by atoms with Crippen molar-refractivity contribution in [3.8, 4) is 0 Å². The van der Waals surface area contributed by atoms with E-state index in [1.807, 2.05) is 4.90 Å². The Bertz CT molecular complexity index is 991. The van der Waals surface area contributed by atoms with E-state index < -0.39 is 23.6 Å². The molecule has 3 heterocycles. The number of morpholine rings is 1. The third-order valence-corrected chi connectivity index (χ3v) is 6.72. The summed E-state index contributed by atoms with van der Waals surface area (Å²) in [5, 5.41) is 0. The summed E-state index contributed by atoms with van der Waals surface area (Å²) in [6, 6.07) is 4.41. The largest absolute Gasteiger partial charge is 0.416 e. The van der Waals surface area contributed by atoms with E-state index in [-0.39, 0.29) is 18.3 Å². The molecule has 0 radical (unpaired) electrons. The van der Waals surface area contributed by atoms with Gasteiger partial charge in [0.25, 0.3) is 0 Å². The van der Waals surface area contributed by atoms with Gasteiger partial charge < -0.3 is 14.5 Å². The molecule has 2 aliphatic heterocycles. The topological polar surface area (TPSA) is 58.6 Å². The fourth-order valence-corrected chi connectivity index (χ4v) is 4.68. The Morgan fingerprint density at radius 3 is 2.47 bits per heavy atom. The highest BCUT2D eigenvalue weighted by atomic mass is 19.4. The van der Waals surface area contributed by atoms with Crippen molar-refractivity contribution in [1.82, 2.24) is 14.9 Å². The van der Waals surface area contributed by atoms with Gasteiger partial charge in [-0.15, -0.1) is 0 Å². The van der Waals surface area contributed by atoms with E-state index in [0.717, 1.165) is 44.5 Å². The molecule has 0 unspecified atom stereocenters. The summed E-state index contributed by atoms with van der Waals surface area (Å²) >= 11 is 0. The van der Waals surface area contributed by atoms with Crippen LogP contribution in [-0.4, -0.2) is 53.6 Å². The minimum absolute atomic E-state index is 0.0815. The van der Waals surface area contributed by atoms with Crippen LogP contribution in [0.4, 0.5) is 23.4 Å². The van der Waals surface area contributed by atoms with Crippen molar-refractivity contribution in [2.45, 2.75) is 44.8 Å². The summed E-state index contributed by atoms with van der Waals surface area (Å²) in [6.45, 7) is 3.97. The number of alkyl halides is 3. The Hall–Kier alpha value is -2.75. The number of aryl methyl sites for hydroxylation is 1. The molecular formula is C24H28F4N4O2. The van der Waals surface area contributed by atoms with Crippen molar-refractivity contribution < 1.29 is 27.1 Å². The third kappa shape index (κ3) is 5.48. The summed E-state index contributed by atoms with van der Waals surface area (Å²) < 4.78 is 59.9. The lowest BCUT2D eigenvalue weighted by atomic mass is 9.91. The lowest BCUT2D eigenvalue weighted by Gasteiger charge is -2.37. The lowest BCUT2D eigenvalue weighted by molar-refractivity contribution is -0.137. The van der Waals surface area contributed by atoms with Gasteiger partial charge in [-0.25, -0.2) is 14.4 Å². The van der Waals surface area contributed by atoms with E-state index in [2.05, 4.69) is 9.97 Å². The summed E-state index contributed by atoms with van der Waals surface area (Å²) in [6.07, 6.45) is -0.0772. The molecule has 4 rings (SSSR count). The number of nitrogens with zero attached hydrogens (tertiary/aromatic N) is 4. The minimum Gasteiger partial charge on any atom is -0.377 e. The summed E-state index contributed by atoms with van der Waals surface area (Å²) in [5.41, 5.74) is 0.199. The molecule has 0 saturated carbocycles. The van der Waals surface area contributed by atoms with Gasteiger partial charge in [0.15, 0.2) is 11.6 Å². The van der Waals surface area contributed by atoms with Crippen LogP contribution in [0.5, 0.6) is 0 Å². The monoisotopic (exact) mass is 480 g/mol. The van der Waals surface area contributed by atoms with Crippen LogP contribution in [0, 0.1) is 11.7 Å². The van der Waals surface area contributed by atoms with Crippen molar-refractivity contribution in [1.29, 1.82) is 0 Å². The molecule has 2 saturated heterocycles. The molecule has 0 bridgehead atoms. The van der Waals surface area contributed by atoms with Gasteiger partial charge in [0.05, 0.1) is 30.5 Å². The molecule has 0 N–H and O–H groups in total. The Morgan fingerprint density at radius 1 is 1.12 bits per heavy atom. The fourth-order valence-electron chi connectivity index (χ4n) is 4.68. The summed E-state index contributed by atoms with van der Waals surface area (Å²) in [5.74, 6) is 0.127. The van der Waals surface area contributed by atoms with Crippen LogP contribution in [0.2, 0.25) is 0 Å². The number of benzene rings is 1. The van der Waals surface area contributed by atoms with Gasteiger partial charge in [-0.1, -0.05) is 12.1 Å². The first kappa shape index (κ1) is 24.4. The number of likely N-dealkylation sites (tertiary alicyclic amines) is 1. The molecule has 34 heavy (non-hydrogen) atoms. The fraction of sp³-hybridized carbons (Fsp3) is 0.542. The number of aromatic nitrogens is 2. The second-order valence-electron chi connectivity index (χ2n) is 8.85. The van der Waals surface area contributed by atoms with Crippen LogP contribution in [0.3, 0.4) is 0 Å². The van der Waals surface area contributed by atoms with E-state index in [1.165, 1.54) is 18.5 Å². The Morgan fingerprint density at radius 2 is 1.82 bits per heavy atom. The number of anilines is 1. The maximum Gasteiger partial charge on any atom is 0.416 e. The van der Waals surface area contributed by atoms with Crippen molar-refractivity contribution in [2.24, 2.45) is 5.92 Å². The summed E-state index contributed by atoms with van der Waals surface area (Å²) in [4.78, 5) is 23.4. The van der Waals surface area contributed by atoms with Crippen molar-refractivity contribution >= 4 is 11.7 Å². The Labute approximate surface area is 195 Å². The van der Waals surface area contributed by atoms with Crippen LogP contribution in [0.1, 0.15) is 49.0 Å². The average molecular weight is 481 g/mol. The number of carbonyl (C=O) groups excluding carboxylic acids is 1. The minimum atomic E-state index is -4.42. The standard InChI is InChI=1S/C24H28F4N4O2/c1-16(33)31-10-8-17(9-11-31)2-7-20-22(25)23(30-15-29-20)32-12-13-34-14-21(32)18-3-5-19(6-4-18)24(26,27)28/h3-6,15,17,21H,2,7-14H2,1H3/t21-/m1/s1. The van der Waals surface area contributed by atoms with Crippen LogP contribution in [0.25, 0.3) is 0 Å². The van der Waals surface area contributed by atoms with E-state index in [0.29, 0.717) is 36.7 Å². The third-order valence-electron chi connectivity index (χ3n) is 6.72.